The van der Waals surface area contributed by atoms with Gasteiger partial charge in [-0.05, 0) is 62.4 Å². The van der Waals surface area contributed by atoms with E-state index in [0.29, 0.717) is 17.7 Å². The van der Waals surface area contributed by atoms with Gasteiger partial charge in [0, 0.05) is 12.1 Å². The molecule has 2 rings (SSSR count). The normalized spacial score (nSPS) is 11.4. The van der Waals surface area contributed by atoms with Gasteiger partial charge in [-0.25, -0.2) is 13.6 Å². The van der Waals surface area contributed by atoms with Crippen LogP contribution in [0.3, 0.4) is 0 Å². The van der Waals surface area contributed by atoms with Crippen molar-refractivity contribution >= 4 is 15.9 Å². The van der Waals surface area contributed by atoms with Crippen LogP contribution in [-0.4, -0.2) is 20.9 Å². The lowest BCUT2D eigenvalue weighted by atomic mass is 10.0. The minimum absolute atomic E-state index is 0.0181. The molecule has 0 saturated heterocycles. The second kappa shape index (κ2) is 7.80. The molecule has 0 aromatic heterocycles. The summed E-state index contributed by atoms with van der Waals surface area (Å²) in [6.45, 7) is 6.31. The lowest BCUT2D eigenvalue weighted by Gasteiger charge is -2.09. The Labute approximate surface area is 149 Å². The molecule has 0 spiro atoms. The third-order valence-electron chi connectivity index (χ3n) is 4.16. The molecule has 2 aromatic carbocycles. The van der Waals surface area contributed by atoms with Gasteiger partial charge in [-0.1, -0.05) is 29.8 Å². The van der Waals surface area contributed by atoms with Crippen molar-refractivity contribution < 1.29 is 13.2 Å². The van der Waals surface area contributed by atoms with Crippen LogP contribution in [0.15, 0.2) is 41.3 Å². The van der Waals surface area contributed by atoms with Gasteiger partial charge < -0.3 is 5.32 Å². The maximum absolute atomic E-state index is 12.2. The first-order valence-corrected chi connectivity index (χ1v) is 9.71. The smallest absolute Gasteiger partial charge is 0.251 e. The van der Waals surface area contributed by atoms with Crippen LogP contribution in [0, 0.1) is 20.8 Å². The zero-order valence-electron chi connectivity index (χ0n) is 14.8. The summed E-state index contributed by atoms with van der Waals surface area (Å²) in [6.07, 6.45) is 1.69. The van der Waals surface area contributed by atoms with Crippen LogP contribution in [0.5, 0.6) is 0 Å². The molecule has 0 fully saturated rings. The lowest BCUT2D eigenvalue weighted by Crippen LogP contribution is -2.25. The van der Waals surface area contributed by atoms with E-state index >= 15 is 0 Å². The first-order chi connectivity index (χ1) is 11.7. The van der Waals surface area contributed by atoms with E-state index < -0.39 is 10.0 Å². The average Bonchev–Trinajstić information content (AvgIpc) is 2.52. The van der Waals surface area contributed by atoms with E-state index in [1.807, 2.05) is 0 Å². The van der Waals surface area contributed by atoms with E-state index in [1.165, 1.54) is 22.8 Å². The molecule has 1 amide bonds. The number of benzene rings is 2. The molecule has 0 heterocycles. The molecule has 0 aliphatic heterocycles. The number of carbonyl (C=O) groups is 1. The number of nitrogens with two attached hydrogens (primary N) is 1. The highest BCUT2D eigenvalue weighted by Gasteiger charge is 2.15. The predicted molar refractivity (Wildman–Crippen MR) is 99.1 cm³/mol. The number of primary sulfonamides is 1. The molecular formula is C19H24N2O3S. The highest BCUT2D eigenvalue weighted by molar-refractivity contribution is 7.89. The Morgan fingerprint density at radius 2 is 1.76 bits per heavy atom. The second-order valence-electron chi connectivity index (χ2n) is 6.31. The monoisotopic (exact) mass is 360 g/mol. The number of carbonyl (C=O) groups excluding carboxylic acids is 1. The quantitative estimate of drug-likeness (QED) is 0.776. The van der Waals surface area contributed by atoms with Gasteiger partial charge in [0.15, 0.2) is 0 Å². The van der Waals surface area contributed by atoms with Gasteiger partial charge >= 0.3 is 0 Å². The number of aryl methyl sites for hydroxylation is 4. The summed E-state index contributed by atoms with van der Waals surface area (Å²) >= 11 is 0. The van der Waals surface area contributed by atoms with Crippen LogP contribution in [-0.2, 0) is 16.4 Å². The molecular weight excluding hydrogens is 336 g/mol. The van der Waals surface area contributed by atoms with Crippen molar-refractivity contribution in [3.8, 4) is 0 Å². The van der Waals surface area contributed by atoms with E-state index in [1.54, 1.807) is 19.1 Å². The van der Waals surface area contributed by atoms with Crippen LogP contribution in [0.1, 0.15) is 39.0 Å². The maximum Gasteiger partial charge on any atom is 0.251 e. The highest BCUT2D eigenvalue weighted by Crippen LogP contribution is 2.16. The summed E-state index contributed by atoms with van der Waals surface area (Å²) in [6, 6.07) is 10.9. The topological polar surface area (TPSA) is 89.3 Å². The summed E-state index contributed by atoms with van der Waals surface area (Å²) in [5.41, 5.74) is 4.57. The summed E-state index contributed by atoms with van der Waals surface area (Å²) < 4.78 is 23.1. The Morgan fingerprint density at radius 3 is 2.40 bits per heavy atom. The SMILES string of the molecule is Cc1ccc(CCCNC(=O)c2ccc(C)c(S(N)(=O)=O)c2)c(C)c1. The van der Waals surface area contributed by atoms with Crippen molar-refractivity contribution in [2.24, 2.45) is 5.14 Å². The van der Waals surface area contributed by atoms with E-state index in [9.17, 15) is 13.2 Å². The van der Waals surface area contributed by atoms with Crippen LogP contribution in [0.25, 0.3) is 0 Å². The standard InChI is InChI=1S/C19H24N2O3S/c1-13-6-8-16(15(3)11-13)5-4-10-21-19(22)17-9-7-14(2)18(12-17)25(20,23)24/h6-9,11-12H,4-5,10H2,1-3H3,(H,21,22)(H2,20,23,24). The Balaban J connectivity index is 1.94. The molecule has 0 saturated carbocycles. The molecule has 134 valence electrons. The van der Waals surface area contributed by atoms with Crippen molar-refractivity contribution in [1.29, 1.82) is 0 Å². The summed E-state index contributed by atoms with van der Waals surface area (Å²) in [5.74, 6) is -0.300. The number of sulfonamides is 1. The van der Waals surface area contributed by atoms with E-state index in [2.05, 4.69) is 37.4 Å². The number of rotatable bonds is 6. The third-order valence-corrected chi connectivity index (χ3v) is 5.22. The second-order valence-corrected chi connectivity index (χ2v) is 7.84. The first kappa shape index (κ1) is 19.1. The van der Waals surface area contributed by atoms with Crippen molar-refractivity contribution in [3.05, 3.63) is 64.2 Å². The fraction of sp³-hybridized carbons (Fsp3) is 0.316. The third kappa shape index (κ3) is 5.14. The average molecular weight is 360 g/mol. The summed E-state index contributed by atoms with van der Waals surface area (Å²) in [7, 11) is -3.84. The molecule has 2 aromatic rings. The molecule has 0 unspecified atom stereocenters. The Kier molecular flexibility index (Phi) is 5.98. The van der Waals surface area contributed by atoms with E-state index in [-0.39, 0.29) is 10.8 Å². The van der Waals surface area contributed by atoms with Gasteiger partial charge in [-0.3, -0.25) is 4.79 Å². The van der Waals surface area contributed by atoms with Gasteiger partial charge in [0.25, 0.3) is 5.91 Å². The largest absolute Gasteiger partial charge is 0.352 e. The molecule has 6 heteroatoms. The van der Waals surface area contributed by atoms with Crippen LogP contribution in [0.2, 0.25) is 0 Å². The number of hydrogen-bond acceptors (Lipinski definition) is 3. The zero-order chi connectivity index (χ0) is 18.6. The van der Waals surface area contributed by atoms with Gasteiger partial charge in [-0.2, -0.15) is 0 Å². The molecule has 25 heavy (non-hydrogen) atoms. The van der Waals surface area contributed by atoms with Crippen molar-refractivity contribution in [3.63, 3.8) is 0 Å². The van der Waals surface area contributed by atoms with Crippen LogP contribution < -0.4 is 10.5 Å². The molecule has 0 atom stereocenters. The molecule has 3 N–H and O–H groups in total. The first-order valence-electron chi connectivity index (χ1n) is 8.16. The summed E-state index contributed by atoms with van der Waals surface area (Å²) in [5, 5.41) is 8.00. The molecule has 0 aliphatic carbocycles. The number of nitrogens with one attached hydrogen (secondary N) is 1. The molecule has 5 nitrogen and oxygen atoms in total. The van der Waals surface area contributed by atoms with Gasteiger partial charge in [0.1, 0.15) is 0 Å². The predicted octanol–water partition coefficient (Wildman–Crippen LogP) is 2.62. The maximum atomic E-state index is 12.2. The van der Waals surface area contributed by atoms with Gasteiger partial charge in [0.2, 0.25) is 10.0 Å². The Hall–Kier alpha value is -2.18. The van der Waals surface area contributed by atoms with E-state index in [4.69, 9.17) is 5.14 Å². The van der Waals surface area contributed by atoms with Gasteiger partial charge in [-0.15, -0.1) is 0 Å². The Morgan fingerprint density at radius 1 is 1.04 bits per heavy atom. The minimum atomic E-state index is -3.84. The minimum Gasteiger partial charge on any atom is -0.352 e. The van der Waals surface area contributed by atoms with Crippen molar-refractivity contribution in [2.75, 3.05) is 6.54 Å². The molecule has 0 radical (unpaired) electrons. The zero-order valence-corrected chi connectivity index (χ0v) is 15.6. The van der Waals surface area contributed by atoms with Crippen LogP contribution in [0.4, 0.5) is 0 Å². The highest BCUT2D eigenvalue weighted by atomic mass is 32.2. The Bertz CT molecular complexity index is 890. The molecule has 0 bridgehead atoms. The molecule has 0 aliphatic rings. The summed E-state index contributed by atoms with van der Waals surface area (Å²) in [4.78, 5) is 12.2. The van der Waals surface area contributed by atoms with Crippen molar-refractivity contribution in [1.82, 2.24) is 5.32 Å². The van der Waals surface area contributed by atoms with Crippen molar-refractivity contribution in [2.45, 2.75) is 38.5 Å². The van der Waals surface area contributed by atoms with Crippen LogP contribution >= 0.6 is 0 Å². The van der Waals surface area contributed by atoms with Gasteiger partial charge in [0.05, 0.1) is 4.90 Å². The fourth-order valence-electron chi connectivity index (χ4n) is 2.76. The number of amides is 1. The number of hydrogen-bond donors (Lipinski definition) is 2. The van der Waals surface area contributed by atoms with E-state index in [0.717, 1.165) is 12.8 Å². The fourth-order valence-corrected chi connectivity index (χ4v) is 3.57. The lowest BCUT2D eigenvalue weighted by molar-refractivity contribution is 0.0953.